The van der Waals surface area contributed by atoms with Crippen molar-refractivity contribution in [3.05, 3.63) is 18.5 Å². The number of aromatic nitrogens is 2. The Morgan fingerprint density at radius 1 is 1.27 bits per heavy atom. The number of amides is 2. The SMILES string of the molecule is CC(=O)N1CCN(C(=O)C2(Cn3cccn3)CC2)C[C@H](O)C1. The predicted octanol–water partition coefficient (Wildman–Crippen LogP) is -0.285. The van der Waals surface area contributed by atoms with Gasteiger partial charge in [0.25, 0.3) is 0 Å². The average molecular weight is 306 g/mol. The van der Waals surface area contributed by atoms with Gasteiger partial charge in [-0.2, -0.15) is 5.10 Å². The molecule has 1 saturated carbocycles. The molecule has 7 heteroatoms. The van der Waals surface area contributed by atoms with E-state index < -0.39 is 6.10 Å². The predicted molar refractivity (Wildman–Crippen MR) is 78.7 cm³/mol. The van der Waals surface area contributed by atoms with E-state index in [1.807, 2.05) is 12.3 Å². The van der Waals surface area contributed by atoms with Crippen LogP contribution in [0.2, 0.25) is 0 Å². The van der Waals surface area contributed by atoms with Crippen molar-refractivity contribution in [1.82, 2.24) is 19.6 Å². The molecule has 0 aromatic carbocycles. The fourth-order valence-electron chi connectivity index (χ4n) is 3.09. The molecule has 0 spiro atoms. The monoisotopic (exact) mass is 306 g/mol. The van der Waals surface area contributed by atoms with Gasteiger partial charge < -0.3 is 14.9 Å². The van der Waals surface area contributed by atoms with Crippen molar-refractivity contribution in [2.75, 3.05) is 26.2 Å². The smallest absolute Gasteiger partial charge is 0.230 e. The first-order chi connectivity index (χ1) is 10.5. The van der Waals surface area contributed by atoms with Crippen LogP contribution in [0.3, 0.4) is 0 Å². The molecule has 3 rings (SSSR count). The first kappa shape index (κ1) is 15.0. The molecular formula is C15H22N4O3. The molecule has 0 unspecified atom stereocenters. The van der Waals surface area contributed by atoms with E-state index in [-0.39, 0.29) is 17.2 Å². The van der Waals surface area contributed by atoms with E-state index >= 15 is 0 Å². The van der Waals surface area contributed by atoms with Gasteiger partial charge in [0, 0.05) is 45.5 Å². The van der Waals surface area contributed by atoms with Crippen molar-refractivity contribution in [3.8, 4) is 0 Å². The Morgan fingerprint density at radius 3 is 2.55 bits per heavy atom. The van der Waals surface area contributed by atoms with Crippen LogP contribution in [0.4, 0.5) is 0 Å². The summed E-state index contributed by atoms with van der Waals surface area (Å²) in [4.78, 5) is 27.7. The maximum absolute atomic E-state index is 12.9. The van der Waals surface area contributed by atoms with Crippen LogP contribution in [0.15, 0.2) is 18.5 Å². The van der Waals surface area contributed by atoms with Gasteiger partial charge in [0.1, 0.15) is 0 Å². The van der Waals surface area contributed by atoms with Gasteiger partial charge in [-0.3, -0.25) is 14.3 Å². The molecule has 120 valence electrons. The Morgan fingerprint density at radius 2 is 1.95 bits per heavy atom. The summed E-state index contributed by atoms with van der Waals surface area (Å²) in [6.45, 7) is 3.63. The van der Waals surface area contributed by atoms with Crippen LogP contribution in [0.1, 0.15) is 19.8 Å². The van der Waals surface area contributed by atoms with E-state index in [1.165, 1.54) is 6.92 Å². The zero-order valence-electron chi connectivity index (χ0n) is 12.8. The van der Waals surface area contributed by atoms with Crippen LogP contribution in [-0.2, 0) is 16.1 Å². The Kier molecular flexibility index (Phi) is 3.90. The molecular weight excluding hydrogens is 284 g/mol. The second-order valence-electron chi connectivity index (χ2n) is 6.35. The van der Waals surface area contributed by atoms with Crippen molar-refractivity contribution in [1.29, 1.82) is 0 Å². The van der Waals surface area contributed by atoms with E-state index in [2.05, 4.69) is 5.10 Å². The summed E-state index contributed by atoms with van der Waals surface area (Å²) < 4.78 is 1.79. The zero-order valence-corrected chi connectivity index (χ0v) is 12.8. The van der Waals surface area contributed by atoms with Crippen LogP contribution >= 0.6 is 0 Å². The number of carbonyl (C=O) groups excluding carboxylic acids is 2. The average Bonchev–Trinajstić information content (AvgIpc) is 3.13. The number of β-amino-alcohol motifs (C(OH)–C–C–N with tert-alkyl or cyclic N) is 1. The number of rotatable bonds is 3. The van der Waals surface area contributed by atoms with Crippen LogP contribution in [0, 0.1) is 5.41 Å². The first-order valence-electron chi connectivity index (χ1n) is 7.71. The standard InChI is InChI=1S/C15H22N4O3/c1-12(20)17-7-8-18(10-13(21)9-17)14(22)15(3-4-15)11-19-6-2-5-16-19/h2,5-6,13,21H,3-4,7-11H2,1H3/t13-/m1/s1. The highest BCUT2D eigenvalue weighted by atomic mass is 16.3. The minimum absolute atomic E-state index is 0.0639. The number of nitrogens with zero attached hydrogens (tertiary/aromatic N) is 4. The number of hydrogen-bond donors (Lipinski definition) is 1. The van der Waals surface area contributed by atoms with Gasteiger partial charge in [-0.15, -0.1) is 0 Å². The lowest BCUT2D eigenvalue weighted by molar-refractivity contribution is -0.138. The molecule has 0 radical (unpaired) electrons. The van der Waals surface area contributed by atoms with Gasteiger partial charge >= 0.3 is 0 Å². The normalized spacial score (nSPS) is 24.0. The third kappa shape index (κ3) is 2.99. The number of aliphatic hydroxyl groups excluding tert-OH is 1. The molecule has 1 aliphatic heterocycles. The van der Waals surface area contributed by atoms with Crippen molar-refractivity contribution >= 4 is 11.8 Å². The van der Waals surface area contributed by atoms with Gasteiger partial charge in [0.2, 0.25) is 11.8 Å². The molecule has 1 saturated heterocycles. The molecule has 2 fully saturated rings. The Labute approximate surface area is 129 Å². The van der Waals surface area contributed by atoms with Crippen molar-refractivity contribution in [2.24, 2.45) is 5.41 Å². The summed E-state index contributed by atoms with van der Waals surface area (Å²) in [5, 5.41) is 14.2. The quantitative estimate of drug-likeness (QED) is 0.833. The van der Waals surface area contributed by atoms with Gasteiger partial charge in [-0.05, 0) is 18.9 Å². The van der Waals surface area contributed by atoms with E-state index in [1.54, 1.807) is 20.7 Å². The molecule has 22 heavy (non-hydrogen) atoms. The van der Waals surface area contributed by atoms with Crippen LogP contribution in [-0.4, -0.2) is 68.8 Å². The molecule has 1 aromatic rings. The number of aliphatic hydroxyl groups is 1. The lowest BCUT2D eigenvalue weighted by atomic mass is 10.1. The molecule has 1 aromatic heterocycles. The molecule has 1 aliphatic carbocycles. The van der Waals surface area contributed by atoms with Gasteiger partial charge in [-0.1, -0.05) is 0 Å². The highest BCUT2D eigenvalue weighted by Crippen LogP contribution is 2.48. The van der Waals surface area contributed by atoms with Crippen LogP contribution in [0.5, 0.6) is 0 Å². The van der Waals surface area contributed by atoms with E-state index in [4.69, 9.17) is 0 Å². The molecule has 2 aliphatic rings. The van der Waals surface area contributed by atoms with E-state index in [0.29, 0.717) is 32.7 Å². The second-order valence-corrected chi connectivity index (χ2v) is 6.35. The lowest BCUT2D eigenvalue weighted by Gasteiger charge is -2.26. The number of hydrogen-bond acceptors (Lipinski definition) is 4. The summed E-state index contributed by atoms with van der Waals surface area (Å²) in [5.41, 5.74) is -0.378. The Bertz CT molecular complexity index is 553. The topological polar surface area (TPSA) is 78.7 Å². The molecule has 1 atom stereocenters. The molecule has 2 amide bonds. The third-order valence-electron chi connectivity index (χ3n) is 4.57. The van der Waals surface area contributed by atoms with Crippen molar-refractivity contribution in [3.63, 3.8) is 0 Å². The number of carbonyl (C=O) groups is 2. The van der Waals surface area contributed by atoms with E-state index in [9.17, 15) is 14.7 Å². The third-order valence-corrected chi connectivity index (χ3v) is 4.57. The fraction of sp³-hybridized carbons (Fsp3) is 0.667. The first-order valence-corrected chi connectivity index (χ1v) is 7.71. The van der Waals surface area contributed by atoms with Gasteiger partial charge in [0.15, 0.2) is 0 Å². The fourth-order valence-corrected chi connectivity index (χ4v) is 3.09. The zero-order chi connectivity index (χ0) is 15.7. The van der Waals surface area contributed by atoms with Gasteiger partial charge in [-0.25, -0.2) is 0 Å². The highest BCUT2D eigenvalue weighted by molar-refractivity contribution is 5.85. The largest absolute Gasteiger partial charge is 0.389 e. The van der Waals surface area contributed by atoms with Gasteiger partial charge in [0.05, 0.1) is 18.1 Å². The Hall–Kier alpha value is -1.89. The molecule has 7 nitrogen and oxygen atoms in total. The second kappa shape index (κ2) is 5.72. The van der Waals surface area contributed by atoms with Crippen LogP contribution in [0.25, 0.3) is 0 Å². The lowest BCUT2D eigenvalue weighted by Crippen LogP contribution is -2.43. The van der Waals surface area contributed by atoms with E-state index in [0.717, 1.165) is 12.8 Å². The maximum atomic E-state index is 12.9. The molecule has 2 heterocycles. The highest BCUT2D eigenvalue weighted by Gasteiger charge is 2.52. The van der Waals surface area contributed by atoms with Crippen LogP contribution < -0.4 is 0 Å². The minimum Gasteiger partial charge on any atom is -0.389 e. The maximum Gasteiger partial charge on any atom is 0.230 e. The minimum atomic E-state index is -0.684. The van der Waals surface area contributed by atoms with Crippen molar-refractivity contribution < 1.29 is 14.7 Å². The Balaban J connectivity index is 1.68. The summed E-state index contributed by atoms with van der Waals surface area (Å²) in [6.07, 6.45) is 4.60. The molecule has 0 bridgehead atoms. The molecule has 1 N–H and O–H groups in total. The summed E-state index contributed by atoms with van der Waals surface area (Å²) in [6, 6.07) is 1.85. The summed E-state index contributed by atoms with van der Waals surface area (Å²) in [7, 11) is 0. The summed E-state index contributed by atoms with van der Waals surface area (Å²) >= 11 is 0. The van der Waals surface area contributed by atoms with Crippen molar-refractivity contribution in [2.45, 2.75) is 32.4 Å². The summed E-state index contributed by atoms with van der Waals surface area (Å²) in [5.74, 6) is 0.0125.